The SMILES string of the molecule is CN1CCN(c2ccc3c(c2)Cc2c(C(N)=O)cc(-c4ccc(OCCN5CCOCC5)c(Cl)c4)nc2-3)CC1. The molecule has 204 valence electrons. The number of halogens is 1. The van der Waals surface area contributed by atoms with Gasteiger partial charge in [0.15, 0.2) is 0 Å². The maximum Gasteiger partial charge on any atom is 0.249 e. The number of morpholine rings is 1. The predicted octanol–water partition coefficient (Wildman–Crippen LogP) is 3.53. The summed E-state index contributed by atoms with van der Waals surface area (Å²) in [6.07, 6.45) is 0.647. The Balaban J connectivity index is 1.24. The molecule has 39 heavy (non-hydrogen) atoms. The lowest BCUT2D eigenvalue weighted by molar-refractivity contribution is 0.0322. The third kappa shape index (κ3) is 5.47. The maximum atomic E-state index is 12.5. The van der Waals surface area contributed by atoms with E-state index in [9.17, 15) is 4.79 Å². The van der Waals surface area contributed by atoms with Crippen molar-refractivity contribution in [2.75, 3.05) is 77.6 Å². The topological polar surface area (TPSA) is 84.2 Å². The third-order valence-corrected chi connectivity index (χ3v) is 8.26. The first kappa shape index (κ1) is 26.1. The van der Waals surface area contributed by atoms with E-state index >= 15 is 0 Å². The summed E-state index contributed by atoms with van der Waals surface area (Å²) < 4.78 is 11.4. The van der Waals surface area contributed by atoms with E-state index in [-0.39, 0.29) is 0 Å². The number of rotatable bonds is 7. The van der Waals surface area contributed by atoms with E-state index in [1.165, 1.54) is 11.3 Å². The van der Waals surface area contributed by atoms with Gasteiger partial charge in [-0.25, -0.2) is 4.98 Å². The number of amides is 1. The molecule has 2 fully saturated rings. The summed E-state index contributed by atoms with van der Waals surface area (Å²) in [5, 5.41) is 0.509. The number of hydrogen-bond donors (Lipinski definition) is 1. The molecule has 1 aromatic heterocycles. The van der Waals surface area contributed by atoms with Gasteiger partial charge in [-0.2, -0.15) is 0 Å². The fourth-order valence-electron chi connectivity index (χ4n) is 5.64. The number of pyridine rings is 1. The summed E-state index contributed by atoms with van der Waals surface area (Å²) in [7, 11) is 2.16. The molecular formula is C30H34ClN5O3. The van der Waals surface area contributed by atoms with Gasteiger partial charge in [0, 0.05) is 74.6 Å². The average molecular weight is 548 g/mol. The van der Waals surface area contributed by atoms with Gasteiger partial charge >= 0.3 is 0 Å². The highest BCUT2D eigenvalue weighted by Gasteiger charge is 2.27. The Labute approximate surface area is 234 Å². The number of hydrogen-bond acceptors (Lipinski definition) is 7. The van der Waals surface area contributed by atoms with E-state index in [1.807, 2.05) is 18.2 Å². The Morgan fingerprint density at radius 1 is 1.05 bits per heavy atom. The van der Waals surface area contributed by atoms with Crippen LogP contribution in [0.2, 0.25) is 5.02 Å². The highest BCUT2D eigenvalue weighted by Crippen LogP contribution is 2.41. The molecule has 6 rings (SSSR count). The summed E-state index contributed by atoms with van der Waals surface area (Å²) >= 11 is 6.62. The minimum absolute atomic E-state index is 0.448. The molecule has 0 bridgehead atoms. The molecule has 3 aromatic rings. The number of ether oxygens (including phenoxy) is 2. The van der Waals surface area contributed by atoms with Crippen molar-refractivity contribution in [3.05, 3.63) is 64.2 Å². The molecule has 0 atom stereocenters. The molecule has 0 unspecified atom stereocenters. The first-order valence-corrected chi connectivity index (χ1v) is 14.0. The molecule has 2 N–H and O–H groups in total. The van der Waals surface area contributed by atoms with Crippen molar-refractivity contribution in [2.24, 2.45) is 5.73 Å². The van der Waals surface area contributed by atoms with E-state index in [4.69, 9.17) is 31.8 Å². The average Bonchev–Trinajstić information content (AvgIpc) is 3.32. The van der Waals surface area contributed by atoms with Gasteiger partial charge in [-0.15, -0.1) is 0 Å². The number of likely N-dealkylation sites (N-methyl/N-ethyl adjacent to an activating group) is 1. The highest BCUT2D eigenvalue weighted by molar-refractivity contribution is 6.32. The van der Waals surface area contributed by atoms with Gasteiger partial charge in [-0.3, -0.25) is 9.69 Å². The van der Waals surface area contributed by atoms with Crippen LogP contribution < -0.4 is 15.4 Å². The summed E-state index contributed by atoms with van der Waals surface area (Å²) in [6.45, 7) is 8.85. The Morgan fingerprint density at radius 3 is 2.59 bits per heavy atom. The van der Waals surface area contributed by atoms with Crippen LogP contribution >= 0.6 is 11.6 Å². The minimum Gasteiger partial charge on any atom is -0.491 e. The number of benzene rings is 2. The minimum atomic E-state index is -0.448. The zero-order chi connectivity index (χ0) is 26.9. The summed E-state index contributed by atoms with van der Waals surface area (Å²) in [5.41, 5.74) is 13.0. The normalized spacial score (nSPS) is 17.6. The second-order valence-electron chi connectivity index (χ2n) is 10.5. The lowest BCUT2D eigenvalue weighted by Crippen LogP contribution is -2.44. The fraction of sp³-hybridized carbons (Fsp3) is 0.400. The number of fused-ring (bicyclic) bond motifs is 3. The lowest BCUT2D eigenvalue weighted by atomic mass is 10.0. The monoisotopic (exact) mass is 547 g/mol. The number of nitrogens with two attached hydrogens (primary N) is 1. The van der Waals surface area contributed by atoms with Crippen molar-refractivity contribution in [1.82, 2.24) is 14.8 Å². The third-order valence-electron chi connectivity index (χ3n) is 7.97. The molecule has 1 aliphatic carbocycles. The summed E-state index contributed by atoms with van der Waals surface area (Å²) in [4.78, 5) is 24.6. The Bertz CT molecular complexity index is 1380. The van der Waals surface area contributed by atoms with Crippen LogP contribution in [0.3, 0.4) is 0 Å². The quantitative estimate of drug-likeness (QED) is 0.379. The van der Waals surface area contributed by atoms with E-state index < -0.39 is 5.91 Å². The van der Waals surface area contributed by atoms with Gasteiger partial charge in [0.1, 0.15) is 12.4 Å². The van der Waals surface area contributed by atoms with Crippen LogP contribution in [0.4, 0.5) is 5.69 Å². The van der Waals surface area contributed by atoms with E-state index in [0.717, 1.165) is 81.4 Å². The maximum absolute atomic E-state index is 12.5. The van der Waals surface area contributed by atoms with Crippen LogP contribution in [0.15, 0.2) is 42.5 Å². The first-order valence-electron chi connectivity index (χ1n) is 13.6. The molecular weight excluding hydrogens is 514 g/mol. The zero-order valence-corrected chi connectivity index (χ0v) is 23.0. The van der Waals surface area contributed by atoms with Gasteiger partial charge in [0.25, 0.3) is 0 Å². The second-order valence-corrected chi connectivity index (χ2v) is 10.9. The predicted molar refractivity (Wildman–Crippen MR) is 154 cm³/mol. The van der Waals surface area contributed by atoms with Crippen LogP contribution in [0.5, 0.6) is 5.75 Å². The van der Waals surface area contributed by atoms with Crippen molar-refractivity contribution >= 4 is 23.2 Å². The van der Waals surface area contributed by atoms with Crippen molar-refractivity contribution in [2.45, 2.75) is 6.42 Å². The highest BCUT2D eigenvalue weighted by atomic mass is 35.5. The van der Waals surface area contributed by atoms with Gasteiger partial charge in [-0.1, -0.05) is 17.7 Å². The molecule has 0 radical (unpaired) electrons. The second kappa shape index (κ2) is 11.1. The van der Waals surface area contributed by atoms with Gasteiger partial charge in [0.2, 0.25) is 5.91 Å². The molecule has 2 aromatic carbocycles. The van der Waals surface area contributed by atoms with Crippen molar-refractivity contribution in [3.63, 3.8) is 0 Å². The standard InChI is InChI=1S/C30H34ClN5O3/c1-34-6-8-36(9-7-34)22-3-4-23-21(16-22)17-24-25(30(32)37)19-27(33-29(23)24)20-2-5-28(26(31)18-20)39-15-12-35-10-13-38-14-11-35/h2-5,16,18-19H,6-15,17H2,1H3,(H2,32,37). The molecule has 9 heteroatoms. The largest absolute Gasteiger partial charge is 0.491 e. The molecule has 2 saturated heterocycles. The zero-order valence-electron chi connectivity index (χ0n) is 22.3. The Morgan fingerprint density at radius 2 is 1.85 bits per heavy atom. The van der Waals surface area contributed by atoms with E-state index in [2.05, 4.69) is 39.9 Å². The summed E-state index contributed by atoms with van der Waals surface area (Å²) in [5.74, 6) is 0.183. The number of piperazine rings is 1. The van der Waals surface area contributed by atoms with E-state index in [1.54, 1.807) is 6.07 Å². The smallest absolute Gasteiger partial charge is 0.249 e. The fourth-order valence-corrected chi connectivity index (χ4v) is 5.87. The van der Waals surface area contributed by atoms with Crippen molar-refractivity contribution < 1.29 is 14.3 Å². The van der Waals surface area contributed by atoms with Crippen LogP contribution in [0, 0.1) is 0 Å². The Hall–Kier alpha value is -3.17. The first-order chi connectivity index (χ1) is 19.0. The molecule has 3 aliphatic rings. The van der Waals surface area contributed by atoms with Crippen LogP contribution in [0.25, 0.3) is 22.5 Å². The Kier molecular flexibility index (Phi) is 7.44. The van der Waals surface area contributed by atoms with Crippen molar-refractivity contribution in [3.8, 4) is 28.3 Å². The molecule has 1 amide bonds. The molecule has 0 spiro atoms. The number of aromatic nitrogens is 1. The molecule has 2 aliphatic heterocycles. The van der Waals surface area contributed by atoms with E-state index in [0.29, 0.717) is 35.1 Å². The molecule has 3 heterocycles. The van der Waals surface area contributed by atoms with Gasteiger partial charge < -0.3 is 25.0 Å². The number of primary amides is 1. The van der Waals surface area contributed by atoms with Crippen molar-refractivity contribution in [1.29, 1.82) is 0 Å². The molecule has 0 saturated carbocycles. The molecule has 8 nitrogen and oxygen atoms in total. The number of nitrogens with zero attached hydrogens (tertiary/aromatic N) is 4. The number of anilines is 1. The van der Waals surface area contributed by atoms with Gasteiger partial charge in [0.05, 0.1) is 29.6 Å². The lowest BCUT2D eigenvalue weighted by Gasteiger charge is -2.34. The number of carbonyl (C=O) groups is 1. The van der Waals surface area contributed by atoms with Crippen LogP contribution in [0.1, 0.15) is 21.5 Å². The van der Waals surface area contributed by atoms with Crippen LogP contribution in [-0.4, -0.2) is 93.4 Å². The van der Waals surface area contributed by atoms with Crippen LogP contribution in [-0.2, 0) is 11.2 Å². The summed E-state index contributed by atoms with van der Waals surface area (Å²) in [6, 6.07) is 14.0. The number of carbonyl (C=O) groups excluding carboxylic acids is 1. The van der Waals surface area contributed by atoms with Gasteiger partial charge in [-0.05, 0) is 54.6 Å².